The Bertz CT molecular complexity index is 325. The van der Waals surface area contributed by atoms with E-state index in [2.05, 4.69) is 4.90 Å². The van der Waals surface area contributed by atoms with Crippen LogP contribution in [-0.4, -0.2) is 94.5 Å². The number of aliphatic hydroxyl groups is 1. The molecule has 0 heterocycles. The van der Waals surface area contributed by atoms with Crippen LogP contribution < -0.4 is 0 Å². The molecule has 0 fully saturated rings. The minimum absolute atomic E-state index is 0.132. The summed E-state index contributed by atoms with van der Waals surface area (Å²) < 4.78 is 34.6. The van der Waals surface area contributed by atoms with E-state index >= 15 is 0 Å². The van der Waals surface area contributed by atoms with Gasteiger partial charge >= 0.3 is 17.6 Å². The zero-order valence-corrected chi connectivity index (χ0v) is 20.8. The predicted octanol–water partition coefficient (Wildman–Crippen LogP) is 2.38. The molecule has 0 aliphatic heterocycles. The van der Waals surface area contributed by atoms with Crippen molar-refractivity contribution in [3.63, 3.8) is 0 Å². The SMILES string of the molecule is CCO[Si](CCCN(CCO)CCC[Si](OC)(OCC)OCC)(OC)OCC. The highest BCUT2D eigenvalue weighted by atomic mass is 28.4. The van der Waals surface area contributed by atoms with E-state index in [1.807, 2.05) is 27.7 Å². The first-order valence-corrected chi connectivity index (χ1v) is 14.4. The quantitative estimate of drug-likeness (QED) is 0.289. The molecular weight excluding hydrogens is 398 g/mol. The van der Waals surface area contributed by atoms with Gasteiger partial charge in [0.25, 0.3) is 0 Å². The molecule has 0 aromatic rings. The number of rotatable bonds is 20. The van der Waals surface area contributed by atoms with Crippen molar-refractivity contribution in [3.8, 4) is 0 Å². The fraction of sp³-hybridized carbons (Fsp3) is 1.00. The van der Waals surface area contributed by atoms with Crippen molar-refractivity contribution in [2.45, 2.75) is 52.6 Å². The minimum atomic E-state index is -2.59. The molecule has 170 valence electrons. The van der Waals surface area contributed by atoms with Gasteiger partial charge in [0.05, 0.1) is 6.61 Å². The normalized spacial score (nSPS) is 12.9. The van der Waals surface area contributed by atoms with Crippen molar-refractivity contribution in [1.82, 2.24) is 4.90 Å². The molecular formula is C18H43NO7Si2. The van der Waals surface area contributed by atoms with Gasteiger partial charge in [-0.25, -0.2) is 0 Å². The van der Waals surface area contributed by atoms with Crippen LogP contribution in [0.15, 0.2) is 0 Å². The molecule has 28 heavy (non-hydrogen) atoms. The molecule has 0 bridgehead atoms. The standard InChI is InChI=1S/C18H43NO7Si2/c1-7-23-27(21-5,24-8-2)17-11-13-19(15-16-20)14-12-18-28(22-6,25-9-3)26-10-4/h20H,7-18H2,1-6H3. The van der Waals surface area contributed by atoms with E-state index in [4.69, 9.17) is 26.6 Å². The van der Waals surface area contributed by atoms with E-state index in [9.17, 15) is 5.11 Å². The van der Waals surface area contributed by atoms with Crippen LogP contribution >= 0.6 is 0 Å². The molecule has 0 radical (unpaired) electrons. The van der Waals surface area contributed by atoms with Crippen molar-refractivity contribution in [1.29, 1.82) is 0 Å². The van der Waals surface area contributed by atoms with Crippen LogP contribution in [-0.2, 0) is 26.6 Å². The van der Waals surface area contributed by atoms with Crippen LogP contribution in [0, 0.1) is 0 Å². The second kappa shape index (κ2) is 16.9. The Balaban J connectivity index is 4.61. The number of nitrogens with zero attached hydrogens (tertiary/aromatic N) is 1. The fourth-order valence-electron chi connectivity index (χ4n) is 3.21. The molecule has 0 saturated carbocycles. The Kier molecular flexibility index (Phi) is 16.9. The van der Waals surface area contributed by atoms with Gasteiger partial charge in [0.15, 0.2) is 0 Å². The molecule has 0 saturated heterocycles. The topological polar surface area (TPSA) is 78.9 Å². The van der Waals surface area contributed by atoms with Gasteiger partial charge in [0.1, 0.15) is 0 Å². The van der Waals surface area contributed by atoms with Gasteiger partial charge in [-0.2, -0.15) is 0 Å². The molecule has 0 aliphatic rings. The van der Waals surface area contributed by atoms with Crippen LogP contribution in [0.25, 0.3) is 0 Å². The highest BCUT2D eigenvalue weighted by Gasteiger charge is 2.40. The molecule has 0 rings (SSSR count). The number of hydrogen-bond acceptors (Lipinski definition) is 8. The van der Waals surface area contributed by atoms with Crippen molar-refractivity contribution >= 4 is 17.6 Å². The Morgan fingerprint density at radius 3 is 1.25 bits per heavy atom. The Morgan fingerprint density at radius 1 is 0.643 bits per heavy atom. The summed E-state index contributed by atoms with van der Waals surface area (Å²) in [5, 5.41) is 9.41. The average Bonchev–Trinajstić information content (AvgIpc) is 2.68. The van der Waals surface area contributed by atoms with Gasteiger partial charge in [-0.3, -0.25) is 0 Å². The molecule has 0 amide bonds. The smallest absolute Gasteiger partial charge is 0.395 e. The van der Waals surface area contributed by atoms with Crippen LogP contribution in [0.1, 0.15) is 40.5 Å². The summed E-state index contributed by atoms with van der Waals surface area (Å²) in [4.78, 5) is 2.25. The number of aliphatic hydroxyl groups excluding tert-OH is 1. The molecule has 0 aliphatic carbocycles. The largest absolute Gasteiger partial charge is 0.500 e. The van der Waals surface area contributed by atoms with Crippen molar-refractivity contribution in [2.75, 3.05) is 66.9 Å². The Morgan fingerprint density at radius 2 is 1.00 bits per heavy atom. The van der Waals surface area contributed by atoms with E-state index in [-0.39, 0.29) is 6.61 Å². The van der Waals surface area contributed by atoms with E-state index in [1.165, 1.54) is 0 Å². The van der Waals surface area contributed by atoms with Crippen LogP contribution in [0.5, 0.6) is 0 Å². The maximum Gasteiger partial charge on any atom is 0.500 e. The molecule has 0 unspecified atom stereocenters. The molecule has 0 spiro atoms. The summed E-state index contributed by atoms with van der Waals surface area (Å²) in [6.07, 6.45) is 1.79. The van der Waals surface area contributed by atoms with Crippen LogP contribution in [0.3, 0.4) is 0 Å². The van der Waals surface area contributed by atoms with Gasteiger partial charge in [-0.1, -0.05) is 0 Å². The highest BCUT2D eigenvalue weighted by molar-refractivity contribution is 6.61. The third-order valence-electron chi connectivity index (χ3n) is 4.41. The van der Waals surface area contributed by atoms with E-state index < -0.39 is 17.6 Å². The summed E-state index contributed by atoms with van der Waals surface area (Å²) in [5.41, 5.74) is 0. The zero-order chi connectivity index (χ0) is 21.3. The van der Waals surface area contributed by atoms with Gasteiger partial charge in [0.2, 0.25) is 0 Å². The lowest BCUT2D eigenvalue weighted by molar-refractivity contribution is 0.0836. The van der Waals surface area contributed by atoms with Crippen LogP contribution in [0.2, 0.25) is 12.1 Å². The van der Waals surface area contributed by atoms with Gasteiger partial charge < -0.3 is 36.6 Å². The van der Waals surface area contributed by atoms with Crippen molar-refractivity contribution < 1.29 is 31.7 Å². The number of hydrogen-bond donors (Lipinski definition) is 1. The Labute approximate surface area is 174 Å². The first kappa shape index (κ1) is 28.1. The third-order valence-corrected chi connectivity index (χ3v) is 10.5. The lowest BCUT2D eigenvalue weighted by Gasteiger charge is -2.30. The van der Waals surface area contributed by atoms with E-state index in [1.54, 1.807) is 14.2 Å². The summed E-state index contributed by atoms with van der Waals surface area (Å²) in [7, 11) is -1.85. The monoisotopic (exact) mass is 441 g/mol. The Hall–Kier alpha value is 0.114. The molecule has 8 nitrogen and oxygen atoms in total. The maximum absolute atomic E-state index is 9.41. The van der Waals surface area contributed by atoms with Crippen LogP contribution in [0.4, 0.5) is 0 Å². The van der Waals surface area contributed by atoms with Crippen molar-refractivity contribution in [3.05, 3.63) is 0 Å². The van der Waals surface area contributed by atoms with Gasteiger partial charge in [0, 0.05) is 59.3 Å². The molecule has 0 atom stereocenters. The van der Waals surface area contributed by atoms with Gasteiger partial charge in [-0.05, 0) is 53.6 Å². The second-order valence-corrected chi connectivity index (χ2v) is 12.0. The molecule has 0 aromatic carbocycles. The van der Waals surface area contributed by atoms with E-state index in [0.29, 0.717) is 33.0 Å². The summed E-state index contributed by atoms with van der Waals surface area (Å²) in [6, 6.07) is 1.53. The summed E-state index contributed by atoms with van der Waals surface area (Å²) in [6.45, 7) is 12.6. The summed E-state index contributed by atoms with van der Waals surface area (Å²) in [5.74, 6) is 0. The molecule has 1 N–H and O–H groups in total. The molecule has 10 heteroatoms. The zero-order valence-electron chi connectivity index (χ0n) is 18.8. The first-order valence-electron chi connectivity index (χ1n) is 10.5. The van der Waals surface area contributed by atoms with E-state index in [0.717, 1.165) is 38.0 Å². The minimum Gasteiger partial charge on any atom is -0.395 e. The van der Waals surface area contributed by atoms with Gasteiger partial charge in [-0.15, -0.1) is 0 Å². The van der Waals surface area contributed by atoms with Crippen molar-refractivity contribution in [2.24, 2.45) is 0 Å². The fourth-order valence-corrected chi connectivity index (χ4v) is 7.77. The second-order valence-electron chi connectivity index (χ2n) is 6.28. The third kappa shape index (κ3) is 10.8. The average molecular weight is 442 g/mol. The lowest BCUT2D eigenvalue weighted by Crippen LogP contribution is -2.46. The summed E-state index contributed by atoms with van der Waals surface area (Å²) >= 11 is 0. The lowest BCUT2D eigenvalue weighted by atomic mass is 10.3. The predicted molar refractivity (Wildman–Crippen MR) is 114 cm³/mol. The maximum atomic E-state index is 9.41. The highest BCUT2D eigenvalue weighted by Crippen LogP contribution is 2.19. The molecule has 0 aromatic heterocycles. The first-order chi connectivity index (χ1) is 13.5.